The predicted octanol–water partition coefficient (Wildman–Crippen LogP) is 4.92. The van der Waals surface area contributed by atoms with E-state index in [1.54, 1.807) is 21.3 Å². The average molecular weight is 360 g/mol. The van der Waals surface area contributed by atoms with Crippen LogP contribution in [0.3, 0.4) is 0 Å². The smallest absolute Gasteiger partial charge is 0.203 e. The van der Waals surface area contributed by atoms with E-state index in [-0.39, 0.29) is 6.10 Å². The molecule has 2 heterocycles. The molecule has 4 nitrogen and oxygen atoms in total. The van der Waals surface area contributed by atoms with E-state index < -0.39 is 0 Å². The number of benzene rings is 1. The number of ether oxygens (including phenoxy) is 4. The highest BCUT2D eigenvalue weighted by Gasteiger charge is 2.39. The molecular weight excluding hydrogens is 336 g/mol. The van der Waals surface area contributed by atoms with Gasteiger partial charge in [0.05, 0.1) is 27.4 Å². The minimum absolute atomic E-state index is 0.0747. The lowest BCUT2D eigenvalue weighted by Gasteiger charge is -2.39. The summed E-state index contributed by atoms with van der Waals surface area (Å²) in [6, 6.07) is 6.23. The molecule has 1 aromatic heterocycles. The van der Waals surface area contributed by atoms with Crippen molar-refractivity contribution < 1.29 is 18.9 Å². The molecule has 0 spiro atoms. The van der Waals surface area contributed by atoms with Crippen molar-refractivity contribution in [1.82, 2.24) is 0 Å². The zero-order valence-electron chi connectivity index (χ0n) is 14.9. The number of thiophene rings is 1. The fourth-order valence-electron chi connectivity index (χ4n) is 4.17. The van der Waals surface area contributed by atoms with Crippen LogP contribution in [0.15, 0.2) is 23.6 Å². The number of hydrogen-bond donors (Lipinski definition) is 0. The molecule has 2 aromatic rings. The fraction of sp³-hybridized carbons (Fsp3) is 0.500. The van der Waals surface area contributed by atoms with Crippen LogP contribution < -0.4 is 14.2 Å². The number of fused-ring (bicyclic) bond motifs is 3. The van der Waals surface area contributed by atoms with Gasteiger partial charge in [0.15, 0.2) is 11.5 Å². The lowest BCUT2D eigenvalue weighted by Crippen LogP contribution is -2.32. The van der Waals surface area contributed by atoms with Crippen LogP contribution in [0.2, 0.25) is 0 Å². The van der Waals surface area contributed by atoms with E-state index in [1.165, 1.54) is 29.7 Å². The third-order valence-corrected chi connectivity index (χ3v) is 6.41. The summed E-state index contributed by atoms with van der Waals surface area (Å²) in [6.07, 6.45) is 5.17. The maximum Gasteiger partial charge on any atom is 0.203 e. The van der Waals surface area contributed by atoms with E-state index in [9.17, 15) is 0 Å². The lowest BCUT2D eigenvalue weighted by molar-refractivity contribution is -0.0375. The first kappa shape index (κ1) is 16.7. The molecule has 0 amide bonds. The molecule has 0 radical (unpaired) electrons. The Morgan fingerprint density at radius 2 is 1.72 bits per heavy atom. The van der Waals surface area contributed by atoms with Gasteiger partial charge in [0.2, 0.25) is 5.75 Å². The lowest BCUT2D eigenvalue weighted by atomic mass is 9.80. The molecule has 0 bridgehead atoms. The number of rotatable bonds is 4. The summed E-state index contributed by atoms with van der Waals surface area (Å²) in [6.45, 7) is 0. The van der Waals surface area contributed by atoms with Gasteiger partial charge >= 0.3 is 0 Å². The Balaban J connectivity index is 1.79. The van der Waals surface area contributed by atoms with Gasteiger partial charge in [0.1, 0.15) is 6.10 Å². The minimum Gasteiger partial charge on any atom is -0.493 e. The SMILES string of the molecule is COc1cc([C@H]2O[C@@H]3CCCC[C@@H]3c3sccc32)cc(OC)c1OC. The third kappa shape index (κ3) is 2.79. The van der Waals surface area contributed by atoms with Gasteiger partial charge < -0.3 is 18.9 Å². The summed E-state index contributed by atoms with van der Waals surface area (Å²) in [5.74, 6) is 2.51. The van der Waals surface area contributed by atoms with Gasteiger partial charge in [-0.2, -0.15) is 0 Å². The summed E-state index contributed by atoms with van der Waals surface area (Å²) in [4.78, 5) is 1.50. The van der Waals surface area contributed by atoms with Crippen LogP contribution in [0.25, 0.3) is 0 Å². The van der Waals surface area contributed by atoms with Gasteiger partial charge in [-0.25, -0.2) is 0 Å². The quantitative estimate of drug-likeness (QED) is 0.775. The van der Waals surface area contributed by atoms with Crippen LogP contribution in [-0.4, -0.2) is 27.4 Å². The largest absolute Gasteiger partial charge is 0.493 e. The van der Waals surface area contributed by atoms with E-state index in [4.69, 9.17) is 18.9 Å². The first-order valence-corrected chi connectivity index (χ1v) is 9.67. The van der Waals surface area contributed by atoms with Crippen LogP contribution in [0.5, 0.6) is 17.2 Å². The van der Waals surface area contributed by atoms with Crippen molar-refractivity contribution in [2.45, 2.75) is 43.8 Å². The van der Waals surface area contributed by atoms with Crippen LogP contribution in [-0.2, 0) is 4.74 Å². The molecule has 0 saturated heterocycles. The van der Waals surface area contributed by atoms with E-state index in [0.717, 1.165) is 12.0 Å². The van der Waals surface area contributed by atoms with Crippen LogP contribution in [0.1, 0.15) is 53.7 Å². The molecule has 1 aliphatic carbocycles. The highest BCUT2D eigenvalue weighted by molar-refractivity contribution is 7.10. The molecule has 1 fully saturated rings. The maximum atomic E-state index is 6.59. The molecule has 0 N–H and O–H groups in total. The second kappa shape index (κ2) is 6.89. The van der Waals surface area contributed by atoms with Crippen molar-refractivity contribution in [3.05, 3.63) is 39.6 Å². The standard InChI is InChI=1S/C20H24O4S/c1-21-16-10-12(11-17(22-2)19(16)23-3)18-14-8-9-25-20(14)13-6-4-5-7-15(13)24-18/h8-11,13,15,18H,4-7H2,1-3H3/t13-,15+,18+/m0/s1. The minimum atomic E-state index is -0.0747. The Labute approximate surface area is 152 Å². The third-order valence-electron chi connectivity index (χ3n) is 5.35. The van der Waals surface area contributed by atoms with Gasteiger partial charge in [-0.05, 0) is 47.5 Å². The van der Waals surface area contributed by atoms with Gasteiger partial charge in [0.25, 0.3) is 0 Å². The number of methoxy groups -OCH3 is 3. The van der Waals surface area contributed by atoms with Crippen molar-refractivity contribution in [3.63, 3.8) is 0 Å². The van der Waals surface area contributed by atoms with E-state index in [0.29, 0.717) is 29.3 Å². The molecule has 1 aromatic carbocycles. The van der Waals surface area contributed by atoms with E-state index in [1.807, 2.05) is 23.5 Å². The van der Waals surface area contributed by atoms with E-state index in [2.05, 4.69) is 11.4 Å². The van der Waals surface area contributed by atoms with Gasteiger partial charge in [0, 0.05) is 10.8 Å². The Morgan fingerprint density at radius 3 is 2.40 bits per heavy atom. The van der Waals surface area contributed by atoms with E-state index >= 15 is 0 Å². The first-order valence-electron chi connectivity index (χ1n) is 8.79. The first-order chi connectivity index (χ1) is 12.3. The maximum absolute atomic E-state index is 6.59. The van der Waals surface area contributed by atoms with Crippen LogP contribution >= 0.6 is 11.3 Å². The molecule has 0 unspecified atom stereocenters. The molecule has 5 heteroatoms. The molecule has 25 heavy (non-hydrogen) atoms. The molecule has 3 atom stereocenters. The second-order valence-electron chi connectivity index (χ2n) is 6.64. The summed E-state index contributed by atoms with van der Waals surface area (Å²) in [7, 11) is 4.92. The van der Waals surface area contributed by atoms with Gasteiger partial charge in [-0.1, -0.05) is 12.8 Å². The summed E-state index contributed by atoms with van der Waals surface area (Å²) >= 11 is 1.87. The van der Waals surface area contributed by atoms with Crippen molar-refractivity contribution in [2.24, 2.45) is 0 Å². The van der Waals surface area contributed by atoms with Crippen LogP contribution in [0.4, 0.5) is 0 Å². The van der Waals surface area contributed by atoms with Crippen molar-refractivity contribution in [2.75, 3.05) is 21.3 Å². The summed E-state index contributed by atoms with van der Waals surface area (Å²) in [5, 5.41) is 2.19. The second-order valence-corrected chi connectivity index (χ2v) is 7.59. The van der Waals surface area contributed by atoms with Crippen molar-refractivity contribution in [3.8, 4) is 17.2 Å². The topological polar surface area (TPSA) is 36.9 Å². The average Bonchev–Trinajstić information content (AvgIpc) is 3.16. The van der Waals surface area contributed by atoms with Crippen molar-refractivity contribution >= 4 is 11.3 Å². The predicted molar refractivity (Wildman–Crippen MR) is 98.3 cm³/mol. The Bertz CT molecular complexity index is 729. The van der Waals surface area contributed by atoms with Crippen LogP contribution in [0, 0.1) is 0 Å². The molecule has 4 rings (SSSR count). The molecule has 1 aliphatic heterocycles. The Kier molecular flexibility index (Phi) is 4.61. The Hall–Kier alpha value is -1.72. The number of hydrogen-bond acceptors (Lipinski definition) is 5. The zero-order chi connectivity index (χ0) is 17.4. The fourth-order valence-corrected chi connectivity index (χ4v) is 5.28. The van der Waals surface area contributed by atoms with Gasteiger partial charge in [-0.3, -0.25) is 0 Å². The highest BCUT2D eigenvalue weighted by Crippen LogP contribution is 2.50. The molecular formula is C20H24O4S. The molecule has 134 valence electrons. The van der Waals surface area contributed by atoms with Gasteiger partial charge in [-0.15, -0.1) is 11.3 Å². The van der Waals surface area contributed by atoms with Crippen molar-refractivity contribution in [1.29, 1.82) is 0 Å². The highest BCUT2D eigenvalue weighted by atomic mass is 32.1. The Morgan fingerprint density at radius 1 is 1.00 bits per heavy atom. The molecule has 1 saturated carbocycles. The zero-order valence-corrected chi connectivity index (χ0v) is 15.7. The summed E-state index contributed by atoms with van der Waals surface area (Å²) in [5.41, 5.74) is 2.35. The monoisotopic (exact) mass is 360 g/mol. The normalized spacial score (nSPS) is 25.0. The summed E-state index contributed by atoms with van der Waals surface area (Å²) < 4.78 is 23.1. The molecule has 2 aliphatic rings.